The molecule has 1 N–H and O–H groups in total. The Morgan fingerprint density at radius 2 is 1.90 bits per heavy atom. The van der Waals surface area contributed by atoms with E-state index in [2.05, 4.69) is 26.9 Å². The number of pyridine rings is 1. The molecule has 0 bridgehead atoms. The minimum atomic E-state index is -0.105. The van der Waals surface area contributed by atoms with Crippen molar-refractivity contribution in [2.45, 2.75) is 44.4 Å². The number of rotatable bonds is 3. The normalized spacial score (nSPS) is 29.4. The average Bonchev–Trinajstić information content (AvgIpc) is 2.50. The molecule has 1 aromatic rings. The molecule has 0 spiro atoms. The quantitative estimate of drug-likeness (QED) is 0.907. The SMILES string of the molecule is OC1CCCCC1N1CCN(Cc2ccccn2)CC1. The van der Waals surface area contributed by atoms with Gasteiger partial charge >= 0.3 is 0 Å². The number of aromatic nitrogens is 1. The van der Waals surface area contributed by atoms with Gasteiger partial charge in [-0.25, -0.2) is 0 Å². The van der Waals surface area contributed by atoms with Crippen LogP contribution in [-0.4, -0.2) is 58.2 Å². The van der Waals surface area contributed by atoms with Crippen LogP contribution in [0, 0.1) is 0 Å². The van der Waals surface area contributed by atoms with Crippen molar-refractivity contribution in [1.82, 2.24) is 14.8 Å². The topological polar surface area (TPSA) is 39.6 Å². The highest BCUT2D eigenvalue weighted by atomic mass is 16.3. The lowest BCUT2D eigenvalue weighted by atomic mass is 9.91. The van der Waals surface area contributed by atoms with E-state index in [9.17, 15) is 5.11 Å². The van der Waals surface area contributed by atoms with Gasteiger partial charge in [-0.15, -0.1) is 0 Å². The third kappa shape index (κ3) is 3.37. The molecule has 2 atom stereocenters. The molecule has 1 saturated heterocycles. The molecule has 2 heterocycles. The van der Waals surface area contributed by atoms with Crippen LogP contribution in [0.5, 0.6) is 0 Å². The number of hydrogen-bond acceptors (Lipinski definition) is 4. The molecule has 20 heavy (non-hydrogen) atoms. The summed E-state index contributed by atoms with van der Waals surface area (Å²) >= 11 is 0. The van der Waals surface area contributed by atoms with E-state index >= 15 is 0 Å². The molecule has 110 valence electrons. The first kappa shape index (κ1) is 14.0. The van der Waals surface area contributed by atoms with Gasteiger partial charge in [-0.1, -0.05) is 18.9 Å². The number of aliphatic hydroxyl groups is 1. The first-order valence-corrected chi connectivity index (χ1v) is 7.87. The van der Waals surface area contributed by atoms with Crippen molar-refractivity contribution in [2.75, 3.05) is 26.2 Å². The summed E-state index contributed by atoms with van der Waals surface area (Å²) in [6.45, 7) is 5.27. The Kier molecular flexibility index (Phi) is 4.65. The van der Waals surface area contributed by atoms with Crippen LogP contribution in [-0.2, 0) is 6.54 Å². The van der Waals surface area contributed by atoms with E-state index in [1.165, 1.54) is 19.3 Å². The highest BCUT2D eigenvalue weighted by Gasteiger charge is 2.30. The molecule has 3 rings (SSSR count). The van der Waals surface area contributed by atoms with Gasteiger partial charge in [0.15, 0.2) is 0 Å². The molecule has 2 fully saturated rings. The van der Waals surface area contributed by atoms with Crippen molar-refractivity contribution in [1.29, 1.82) is 0 Å². The molecule has 2 unspecified atom stereocenters. The molecular formula is C16H25N3O. The summed E-state index contributed by atoms with van der Waals surface area (Å²) in [6, 6.07) is 6.51. The van der Waals surface area contributed by atoms with Gasteiger partial charge in [0, 0.05) is 45.0 Å². The summed E-state index contributed by atoms with van der Waals surface area (Å²) in [4.78, 5) is 9.36. The predicted octanol–water partition coefficient (Wildman–Crippen LogP) is 1.50. The lowest BCUT2D eigenvalue weighted by Crippen LogP contribution is -2.54. The maximum Gasteiger partial charge on any atom is 0.0695 e. The zero-order chi connectivity index (χ0) is 13.8. The van der Waals surface area contributed by atoms with E-state index in [1.807, 2.05) is 12.3 Å². The first-order valence-electron chi connectivity index (χ1n) is 7.87. The monoisotopic (exact) mass is 275 g/mol. The van der Waals surface area contributed by atoms with Crippen molar-refractivity contribution in [3.8, 4) is 0 Å². The lowest BCUT2D eigenvalue weighted by molar-refractivity contribution is -0.00489. The van der Waals surface area contributed by atoms with Gasteiger partial charge in [-0.2, -0.15) is 0 Å². The van der Waals surface area contributed by atoms with E-state index in [0.717, 1.165) is 44.8 Å². The molecule has 1 saturated carbocycles. The summed E-state index contributed by atoms with van der Waals surface area (Å²) < 4.78 is 0. The predicted molar refractivity (Wildman–Crippen MR) is 79.3 cm³/mol. The summed E-state index contributed by atoms with van der Waals surface area (Å²) in [6.07, 6.45) is 6.38. The Balaban J connectivity index is 1.49. The standard InChI is InChI=1S/C16H25N3O/c20-16-7-2-1-6-15(16)19-11-9-18(10-12-19)13-14-5-3-4-8-17-14/h3-5,8,15-16,20H,1-2,6-7,9-13H2. The first-order chi connectivity index (χ1) is 9.83. The highest BCUT2D eigenvalue weighted by Crippen LogP contribution is 2.24. The minimum absolute atomic E-state index is 0.105. The van der Waals surface area contributed by atoms with Gasteiger partial charge in [0.2, 0.25) is 0 Å². The molecule has 1 aromatic heterocycles. The minimum Gasteiger partial charge on any atom is -0.391 e. The lowest BCUT2D eigenvalue weighted by Gasteiger charge is -2.42. The van der Waals surface area contributed by atoms with Gasteiger partial charge in [0.25, 0.3) is 0 Å². The molecule has 4 heteroatoms. The zero-order valence-electron chi connectivity index (χ0n) is 12.1. The van der Waals surface area contributed by atoms with Gasteiger partial charge < -0.3 is 5.11 Å². The second-order valence-corrected chi connectivity index (χ2v) is 6.05. The fraction of sp³-hybridized carbons (Fsp3) is 0.688. The van der Waals surface area contributed by atoms with E-state index in [1.54, 1.807) is 0 Å². The van der Waals surface area contributed by atoms with Crippen molar-refractivity contribution in [2.24, 2.45) is 0 Å². The van der Waals surface area contributed by atoms with E-state index in [0.29, 0.717) is 6.04 Å². The van der Waals surface area contributed by atoms with E-state index in [-0.39, 0.29) is 6.10 Å². The molecular weight excluding hydrogens is 250 g/mol. The Morgan fingerprint density at radius 1 is 1.10 bits per heavy atom. The van der Waals surface area contributed by atoms with Gasteiger partial charge in [-0.05, 0) is 25.0 Å². The molecule has 4 nitrogen and oxygen atoms in total. The number of aliphatic hydroxyl groups excluding tert-OH is 1. The van der Waals surface area contributed by atoms with Gasteiger partial charge in [-0.3, -0.25) is 14.8 Å². The van der Waals surface area contributed by atoms with Crippen molar-refractivity contribution < 1.29 is 5.11 Å². The van der Waals surface area contributed by atoms with E-state index < -0.39 is 0 Å². The third-order valence-electron chi connectivity index (χ3n) is 4.68. The van der Waals surface area contributed by atoms with Gasteiger partial charge in [0.05, 0.1) is 11.8 Å². The summed E-state index contributed by atoms with van der Waals surface area (Å²) in [5, 5.41) is 10.2. The Bertz CT molecular complexity index is 403. The Morgan fingerprint density at radius 3 is 2.60 bits per heavy atom. The van der Waals surface area contributed by atoms with Gasteiger partial charge in [0.1, 0.15) is 0 Å². The Labute approximate surface area is 121 Å². The average molecular weight is 275 g/mol. The molecule has 1 aliphatic heterocycles. The zero-order valence-corrected chi connectivity index (χ0v) is 12.1. The number of hydrogen-bond donors (Lipinski definition) is 1. The number of piperazine rings is 1. The van der Waals surface area contributed by atoms with Crippen LogP contribution in [0.2, 0.25) is 0 Å². The summed E-state index contributed by atoms with van der Waals surface area (Å²) in [5.74, 6) is 0. The van der Waals surface area contributed by atoms with Crippen molar-refractivity contribution in [3.63, 3.8) is 0 Å². The fourth-order valence-electron chi connectivity index (χ4n) is 3.49. The van der Waals surface area contributed by atoms with E-state index in [4.69, 9.17) is 0 Å². The van der Waals surface area contributed by atoms with Crippen LogP contribution in [0.4, 0.5) is 0 Å². The summed E-state index contributed by atoms with van der Waals surface area (Å²) in [5.41, 5.74) is 1.15. The van der Waals surface area contributed by atoms with Crippen LogP contribution < -0.4 is 0 Å². The molecule has 0 radical (unpaired) electrons. The maximum atomic E-state index is 10.2. The molecule has 0 aromatic carbocycles. The summed E-state index contributed by atoms with van der Waals surface area (Å²) in [7, 11) is 0. The third-order valence-corrected chi connectivity index (χ3v) is 4.68. The fourth-order valence-corrected chi connectivity index (χ4v) is 3.49. The number of nitrogens with zero attached hydrogens (tertiary/aromatic N) is 3. The second-order valence-electron chi connectivity index (χ2n) is 6.05. The second kappa shape index (κ2) is 6.66. The van der Waals surface area contributed by atoms with Crippen LogP contribution in [0.15, 0.2) is 24.4 Å². The largest absolute Gasteiger partial charge is 0.391 e. The van der Waals surface area contributed by atoms with Crippen LogP contribution >= 0.6 is 0 Å². The molecule has 1 aliphatic carbocycles. The van der Waals surface area contributed by atoms with Crippen LogP contribution in [0.3, 0.4) is 0 Å². The highest BCUT2D eigenvalue weighted by molar-refractivity contribution is 5.03. The van der Waals surface area contributed by atoms with Crippen molar-refractivity contribution in [3.05, 3.63) is 30.1 Å². The van der Waals surface area contributed by atoms with Crippen molar-refractivity contribution >= 4 is 0 Å². The molecule has 2 aliphatic rings. The van der Waals surface area contributed by atoms with Crippen LogP contribution in [0.1, 0.15) is 31.4 Å². The Hall–Kier alpha value is -0.970. The van der Waals surface area contributed by atoms with Crippen LogP contribution in [0.25, 0.3) is 0 Å². The maximum absolute atomic E-state index is 10.2. The molecule has 0 amide bonds. The smallest absolute Gasteiger partial charge is 0.0695 e.